The van der Waals surface area contributed by atoms with Gasteiger partial charge in [-0.1, -0.05) is 0 Å². The first-order valence-corrected chi connectivity index (χ1v) is 3.55. The van der Waals surface area contributed by atoms with Gasteiger partial charge in [-0.3, -0.25) is 9.36 Å². The predicted octanol–water partition coefficient (Wildman–Crippen LogP) is 1.26. The van der Waals surface area contributed by atoms with Crippen LogP contribution in [0, 0.1) is 12.3 Å². The molecular formula is C6H7O2P. The van der Waals surface area contributed by atoms with Crippen LogP contribution in [0.2, 0.25) is 0 Å². The number of carbonyl (C=O) groups excluding carboxylic acids is 1. The van der Waals surface area contributed by atoms with Crippen LogP contribution in [0.3, 0.4) is 0 Å². The van der Waals surface area contributed by atoms with Gasteiger partial charge in [-0.15, -0.1) is 12.3 Å². The molecule has 0 aliphatic carbocycles. The SMILES string of the molecule is C#CCCC(=O)CP=O. The summed E-state index contributed by atoms with van der Waals surface area (Å²) in [5.74, 6) is 2.29. The number of ketones is 1. The van der Waals surface area contributed by atoms with Gasteiger partial charge in [-0.2, -0.15) is 0 Å². The van der Waals surface area contributed by atoms with Crippen LogP contribution in [0.25, 0.3) is 0 Å². The first-order chi connectivity index (χ1) is 4.31. The number of rotatable bonds is 4. The lowest BCUT2D eigenvalue weighted by atomic mass is 10.2. The zero-order chi connectivity index (χ0) is 7.11. The fourth-order valence-corrected chi connectivity index (χ4v) is 0.665. The van der Waals surface area contributed by atoms with Crippen LogP contribution in [-0.4, -0.2) is 11.9 Å². The van der Waals surface area contributed by atoms with Gasteiger partial charge < -0.3 is 0 Å². The van der Waals surface area contributed by atoms with E-state index in [0.29, 0.717) is 12.8 Å². The summed E-state index contributed by atoms with van der Waals surface area (Å²) in [6, 6.07) is 0. The van der Waals surface area contributed by atoms with Crippen LogP contribution in [0.4, 0.5) is 0 Å². The minimum atomic E-state index is -0.113. The van der Waals surface area contributed by atoms with Gasteiger partial charge in [-0.05, 0) is 0 Å². The lowest BCUT2D eigenvalue weighted by Crippen LogP contribution is -1.96. The summed E-state index contributed by atoms with van der Waals surface area (Å²) < 4.78 is 9.80. The summed E-state index contributed by atoms with van der Waals surface area (Å²) in [6.07, 6.45) is 5.79. The van der Waals surface area contributed by atoms with E-state index in [4.69, 9.17) is 6.42 Å². The molecule has 0 rings (SSSR count). The predicted molar refractivity (Wildman–Crippen MR) is 35.5 cm³/mol. The molecule has 0 aromatic carbocycles. The molecule has 0 aliphatic rings. The van der Waals surface area contributed by atoms with Gasteiger partial charge in [0.2, 0.25) is 0 Å². The van der Waals surface area contributed by atoms with Gasteiger partial charge >= 0.3 is 0 Å². The highest BCUT2D eigenvalue weighted by atomic mass is 31.1. The van der Waals surface area contributed by atoms with E-state index in [0.717, 1.165) is 0 Å². The second-order valence-corrected chi connectivity index (χ2v) is 2.10. The minimum Gasteiger partial charge on any atom is -0.299 e. The molecule has 0 bridgehead atoms. The Kier molecular flexibility index (Phi) is 5.06. The topological polar surface area (TPSA) is 34.1 Å². The summed E-state index contributed by atoms with van der Waals surface area (Å²) in [5, 5.41) is 0. The number of terminal acetylenes is 1. The van der Waals surface area contributed by atoms with Crippen molar-refractivity contribution in [3.63, 3.8) is 0 Å². The highest BCUT2D eigenvalue weighted by Gasteiger charge is 1.97. The normalized spacial score (nSPS) is 8.78. The average Bonchev–Trinajstić information content (AvgIpc) is 1.85. The Morgan fingerprint density at radius 2 is 2.33 bits per heavy atom. The van der Waals surface area contributed by atoms with Gasteiger partial charge in [0.1, 0.15) is 5.78 Å². The standard InChI is InChI=1S/C6H7O2P/c1-2-3-4-6(7)5-9-8/h1H,3-5H2. The maximum absolute atomic E-state index is 10.5. The molecule has 0 aliphatic heterocycles. The molecule has 0 N–H and O–H groups in total. The van der Waals surface area contributed by atoms with E-state index in [1.807, 2.05) is 0 Å². The molecule has 0 fully saturated rings. The molecule has 48 valence electrons. The molecular weight excluding hydrogens is 135 g/mol. The van der Waals surface area contributed by atoms with Crippen molar-refractivity contribution in [3.8, 4) is 12.3 Å². The van der Waals surface area contributed by atoms with Gasteiger partial charge in [-0.25, -0.2) is 0 Å². The molecule has 9 heavy (non-hydrogen) atoms. The Morgan fingerprint density at radius 1 is 1.67 bits per heavy atom. The van der Waals surface area contributed by atoms with Crippen LogP contribution in [0.5, 0.6) is 0 Å². The van der Waals surface area contributed by atoms with Crippen LogP contribution in [-0.2, 0) is 9.36 Å². The Bertz CT molecular complexity index is 146. The van der Waals surface area contributed by atoms with E-state index in [1.54, 1.807) is 0 Å². The Morgan fingerprint density at radius 3 is 2.78 bits per heavy atom. The summed E-state index contributed by atoms with van der Waals surface area (Å²) in [7, 11) is -0.113. The van der Waals surface area contributed by atoms with Gasteiger partial charge in [0.05, 0.1) is 6.16 Å². The third kappa shape index (κ3) is 5.20. The molecule has 0 saturated carbocycles. The molecule has 0 aromatic rings. The monoisotopic (exact) mass is 142 g/mol. The molecule has 0 radical (unpaired) electrons. The maximum atomic E-state index is 10.5. The quantitative estimate of drug-likeness (QED) is 0.437. The van der Waals surface area contributed by atoms with Crippen LogP contribution < -0.4 is 0 Å². The molecule has 0 heterocycles. The van der Waals surface area contributed by atoms with E-state index in [-0.39, 0.29) is 20.4 Å². The van der Waals surface area contributed by atoms with E-state index in [9.17, 15) is 9.36 Å². The fraction of sp³-hybridized carbons (Fsp3) is 0.500. The molecule has 0 aromatic heterocycles. The van der Waals surface area contributed by atoms with Gasteiger partial charge in [0.15, 0.2) is 8.46 Å². The second kappa shape index (κ2) is 5.47. The number of hydrogen-bond donors (Lipinski definition) is 0. The third-order valence-corrected chi connectivity index (χ3v) is 1.27. The zero-order valence-corrected chi connectivity index (χ0v) is 5.86. The maximum Gasteiger partial charge on any atom is 0.163 e. The third-order valence-electron chi connectivity index (χ3n) is 0.789. The average molecular weight is 142 g/mol. The van der Waals surface area contributed by atoms with Crippen LogP contribution in [0.1, 0.15) is 12.8 Å². The Balaban J connectivity index is 3.29. The fourth-order valence-electron chi connectivity index (χ4n) is 0.363. The van der Waals surface area contributed by atoms with E-state index in [2.05, 4.69) is 5.92 Å². The molecule has 0 unspecified atom stereocenters. The first kappa shape index (κ1) is 8.33. The molecule has 2 nitrogen and oxygen atoms in total. The molecule has 0 amide bonds. The van der Waals surface area contributed by atoms with Crippen molar-refractivity contribution in [2.45, 2.75) is 12.8 Å². The molecule has 3 heteroatoms. The summed E-state index contributed by atoms with van der Waals surface area (Å²) in [4.78, 5) is 10.5. The number of carbonyl (C=O) groups is 1. The van der Waals surface area contributed by atoms with Crippen molar-refractivity contribution in [3.05, 3.63) is 0 Å². The van der Waals surface area contributed by atoms with Crippen molar-refractivity contribution in [2.24, 2.45) is 0 Å². The van der Waals surface area contributed by atoms with E-state index >= 15 is 0 Å². The Hall–Kier alpha value is -0.670. The Labute approximate surface area is 55.8 Å². The van der Waals surface area contributed by atoms with E-state index < -0.39 is 0 Å². The minimum absolute atomic E-state index is 0.0374. The van der Waals surface area contributed by atoms with Crippen LogP contribution >= 0.6 is 8.46 Å². The van der Waals surface area contributed by atoms with Crippen molar-refractivity contribution in [1.29, 1.82) is 0 Å². The highest BCUT2D eigenvalue weighted by Crippen LogP contribution is 1.96. The van der Waals surface area contributed by atoms with Crippen molar-refractivity contribution in [1.82, 2.24) is 0 Å². The largest absolute Gasteiger partial charge is 0.299 e. The number of hydrogen-bond acceptors (Lipinski definition) is 2. The summed E-state index contributed by atoms with van der Waals surface area (Å²) in [5.41, 5.74) is 0. The summed E-state index contributed by atoms with van der Waals surface area (Å²) >= 11 is 0. The lowest BCUT2D eigenvalue weighted by molar-refractivity contribution is -0.116. The van der Waals surface area contributed by atoms with Crippen molar-refractivity contribution >= 4 is 14.2 Å². The first-order valence-electron chi connectivity index (χ1n) is 2.55. The van der Waals surface area contributed by atoms with E-state index in [1.165, 1.54) is 0 Å². The molecule has 0 atom stereocenters. The molecule has 0 saturated heterocycles. The summed E-state index contributed by atoms with van der Waals surface area (Å²) in [6.45, 7) is 0. The zero-order valence-electron chi connectivity index (χ0n) is 4.96. The van der Waals surface area contributed by atoms with Gasteiger partial charge in [0, 0.05) is 12.8 Å². The molecule has 0 spiro atoms. The second-order valence-electron chi connectivity index (χ2n) is 1.53. The van der Waals surface area contributed by atoms with Gasteiger partial charge in [0.25, 0.3) is 0 Å². The number of Topliss-reactive ketones (excluding diaryl/α,β-unsaturated/α-hetero) is 1. The van der Waals surface area contributed by atoms with Crippen molar-refractivity contribution in [2.75, 3.05) is 6.16 Å². The van der Waals surface area contributed by atoms with Crippen molar-refractivity contribution < 1.29 is 9.36 Å². The smallest absolute Gasteiger partial charge is 0.163 e. The van der Waals surface area contributed by atoms with Crippen LogP contribution in [0.15, 0.2) is 0 Å². The highest BCUT2D eigenvalue weighted by molar-refractivity contribution is 7.25. The lowest BCUT2D eigenvalue weighted by Gasteiger charge is -1.86.